The molecule has 4 rings (SSSR count). The number of anilines is 1. The minimum atomic E-state index is -0.406. The van der Waals surface area contributed by atoms with Gasteiger partial charge in [-0.1, -0.05) is 0 Å². The van der Waals surface area contributed by atoms with Gasteiger partial charge < -0.3 is 10.1 Å². The van der Waals surface area contributed by atoms with Gasteiger partial charge in [0.05, 0.1) is 11.0 Å². The Bertz CT molecular complexity index is 809. The first-order chi connectivity index (χ1) is 12.6. The molecule has 7 heteroatoms. The fourth-order valence-electron chi connectivity index (χ4n) is 4.05. The van der Waals surface area contributed by atoms with Crippen molar-refractivity contribution in [1.29, 1.82) is 0 Å². The Kier molecular flexibility index (Phi) is 4.55. The van der Waals surface area contributed by atoms with E-state index in [0.717, 1.165) is 49.4 Å². The van der Waals surface area contributed by atoms with Gasteiger partial charge >= 0.3 is 0 Å². The lowest BCUT2D eigenvalue weighted by atomic mass is 9.82. The van der Waals surface area contributed by atoms with Crippen LogP contribution in [0.4, 0.5) is 11.5 Å². The Morgan fingerprint density at radius 1 is 1.19 bits per heavy atom. The molecule has 0 radical (unpaired) electrons. The molecule has 1 aliphatic heterocycles. The van der Waals surface area contributed by atoms with Crippen molar-refractivity contribution in [3.05, 3.63) is 46.1 Å². The zero-order valence-electron chi connectivity index (χ0n) is 14.7. The molecule has 3 atom stereocenters. The van der Waals surface area contributed by atoms with Crippen molar-refractivity contribution in [3.8, 4) is 11.4 Å². The molecule has 1 aliphatic carbocycles. The van der Waals surface area contributed by atoms with Gasteiger partial charge in [-0.05, 0) is 44.7 Å². The minimum Gasteiger partial charge on any atom is -0.378 e. The minimum absolute atomic E-state index is 0.0641. The predicted octanol–water partition coefficient (Wildman–Crippen LogP) is 3.73. The van der Waals surface area contributed by atoms with Crippen molar-refractivity contribution >= 4 is 11.5 Å². The number of nitro groups is 1. The van der Waals surface area contributed by atoms with Gasteiger partial charge in [-0.2, -0.15) is 0 Å². The monoisotopic (exact) mass is 354 g/mol. The molecular formula is C19H22N4O3. The van der Waals surface area contributed by atoms with E-state index in [1.807, 2.05) is 13.0 Å². The van der Waals surface area contributed by atoms with Gasteiger partial charge in [-0.3, -0.25) is 10.1 Å². The molecule has 136 valence electrons. The summed E-state index contributed by atoms with van der Waals surface area (Å²) in [6.07, 6.45) is 4.91. The molecule has 2 aromatic rings. The van der Waals surface area contributed by atoms with E-state index in [4.69, 9.17) is 4.74 Å². The highest BCUT2D eigenvalue weighted by atomic mass is 16.6. The van der Waals surface area contributed by atoms with Gasteiger partial charge in [0.15, 0.2) is 5.82 Å². The zero-order chi connectivity index (χ0) is 18.1. The molecule has 0 bridgehead atoms. The quantitative estimate of drug-likeness (QED) is 0.664. The number of hydrogen-bond donors (Lipinski definition) is 1. The Hall–Kier alpha value is -2.54. The van der Waals surface area contributed by atoms with Gasteiger partial charge in [0.25, 0.3) is 5.69 Å². The smallest absolute Gasteiger partial charge is 0.269 e. The fourth-order valence-corrected chi connectivity index (χ4v) is 4.05. The Morgan fingerprint density at radius 2 is 2.00 bits per heavy atom. The lowest BCUT2D eigenvalue weighted by Crippen LogP contribution is -2.38. The molecular weight excluding hydrogens is 332 g/mol. The van der Waals surface area contributed by atoms with Crippen molar-refractivity contribution in [2.45, 2.75) is 44.8 Å². The summed E-state index contributed by atoms with van der Waals surface area (Å²) in [5.74, 6) is 1.93. The Labute approximate surface area is 152 Å². The second-order valence-corrected chi connectivity index (χ2v) is 7.07. The predicted molar refractivity (Wildman–Crippen MR) is 98.0 cm³/mol. The Balaban J connectivity index is 1.57. The van der Waals surface area contributed by atoms with Crippen molar-refractivity contribution in [2.24, 2.45) is 5.92 Å². The molecule has 7 nitrogen and oxygen atoms in total. The molecule has 1 saturated heterocycles. The molecule has 0 spiro atoms. The SMILES string of the molecule is Cc1cc(NC2CCCC3OCCC23)nc(-c2ccc([N+](=O)[O-])cc2)n1. The van der Waals surface area contributed by atoms with Crippen LogP contribution in [0.2, 0.25) is 0 Å². The van der Waals surface area contributed by atoms with Crippen LogP contribution < -0.4 is 5.32 Å². The van der Waals surface area contributed by atoms with Crippen molar-refractivity contribution in [2.75, 3.05) is 11.9 Å². The maximum absolute atomic E-state index is 10.8. The van der Waals surface area contributed by atoms with Crippen molar-refractivity contribution in [3.63, 3.8) is 0 Å². The van der Waals surface area contributed by atoms with Crippen LogP contribution in [0.15, 0.2) is 30.3 Å². The van der Waals surface area contributed by atoms with E-state index < -0.39 is 4.92 Å². The number of aryl methyl sites for hydroxylation is 1. The number of nitrogens with zero attached hydrogens (tertiary/aromatic N) is 3. The largest absolute Gasteiger partial charge is 0.378 e. The Morgan fingerprint density at radius 3 is 2.77 bits per heavy atom. The number of rotatable bonds is 4. The number of hydrogen-bond acceptors (Lipinski definition) is 6. The van der Waals surface area contributed by atoms with Crippen LogP contribution >= 0.6 is 0 Å². The molecule has 1 N–H and O–H groups in total. The normalized spacial score (nSPS) is 24.9. The van der Waals surface area contributed by atoms with E-state index in [-0.39, 0.29) is 5.69 Å². The summed E-state index contributed by atoms with van der Waals surface area (Å²) < 4.78 is 5.84. The summed E-state index contributed by atoms with van der Waals surface area (Å²) in [6.45, 7) is 2.79. The van der Waals surface area contributed by atoms with Gasteiger partial charge in [0.1, 0.15) is 5.82 Å². The molecule has 2 heterocycles. The maximum atomic E-state index is 10.8. The molecule has 26 heavy (non-hydrogen) atoms. The number of aromatic nitrogens is 2. The van der Waals surface area contributed by atoms with Crippen LogP contribution in [-0.4, -0.2) is 33.6 Å². The number of non-ortho nitro benzene ring substituents is 1. The molecule has 3 unspecified atom stereocenters. The first-order valence-corrected chi connectivity index (χ1v) is 9.09. The highest BCUT2D eigenvalue weighted by Crippen LogP contribution is 2.36. The topological polar surface area (TPSA) is 90.2 Å². The molecule has 2 fully saturated rings. The van der Waals surface area contributed by atoms with E-state index in [1.165, 1.54) is 12.1 Å². The number of nitrogens with one attached hydrogen (secondary N) is 1. The van der Waals surface area contributed by atoms with Crippen LogP contribution in [-0.2, 0) is 4.74 Å². The van der Waals surface area contributed by atoms with Crippen molar-refractivity contribution < 1.29 is 9.66 Å². The van der Waals surface area contributed by atoms with Crippen LogP contribution in [0.1, 0.15) is 31.4 Å². The molecule has 0 amide bonds. The highest BCUT2D eigenvalue weighted by molar-refractivity contribution is 5.59. The van der Waals surface area contributed by atoms with E-state index in [9.17, 15) is 10.1 Å². The number of fused-ring (bicyclic) bond motifs is 1. The number of nitro benzene ring substituents is 1. The molecule has 1 aromatic heterocycles. The molecule has 2 aliphatic rings. The highest BCUT2D eigenvalue weighted by Gasteiger charge is 2.37. The van der Waals surface area contributed by atoms with E-state index in [2.05, 4.69) is 15.3 Å². The summed E-state index contributed by atoms with van der Waals surface area (Å²) in [4.78, 5) is 19.6. The molecule has 1 aromatic carbocycles. The second-order valence-electron chi connectivity index (χ2n) is 7.07. The average molecular weight is 354 g/mol. The van der Waals surface area contributed by atoms with Gasteiger partial charge in [0, 0.05) is 48.0 Å². The van der Waals surface area contributed by atoms with E-state index in [1.54, 1.807) is 12.1 Å². The van der Waals surface area contributed by atoms with Crippen LogP contribution in [0.5, 0.6) is 0 Å². The third-order valence-electron chi connectivity index (χ3n) is 5.31. The number of benzene rings is 1. The first kappa shape index (κ1) is 16.9. The summed E-state index contributed by atoms with van der Waals surface area (Å²) in [7, 11) is 0. The third kappa shape index (κ3) is 3.39. The summed E-state index contributed by atoms with van der Waals surface area (Å²) >= 11 is 0. The lowest BCUT2D eigenvalue weighted by molar-refractivity contribution is -0.384. The number of ether oxygens (including phenoxy) is 1. The van der Waals surface area contributed by atoms with E-state index >= 15 is 0 Å². The first-order valence-electron chi connectivity index (χ1n) is 9.09. The lowest BCUT2D eigenvalue weighted by Gasteiger charge is -2.33. The standard InChI is InChI=1S/C19H22N4O3/c1-12-11-18(21-16-3-2-4-17-15(16)9-10-26-17)22-19(20-12)13-5-7-14(8-6-13)23(24)25/h5-8,11,15-17H,2-4,9-10H2,1H3,(H,20,21,22). The summed E-state index contributed by atoms with van der Waals surface area (Å²) in [6, 6.07) is 8.67. The van der Waals surface area contributed by atoms with Crippen LogP contribution in [0.25, 0.3) is 11.4 Å². The van der Waals surface area contributed by atoms with Crippen LogP contribution in [0.3, 0.4) is 0 Å². The molecule has 1 saturated carbocycles. The van der Waals surface area contributed by atoms with Gasteiger partial charge in [-0.25, -0.2) is 9.97 Å². The summed E-state index contributed by atoms with van der Waals surface area (Å²) in [5, 5.41) is 14.4. The van der Waals surface area contributed by atoms with Gasteiger partial charge in [-0.15, -0.1) is 0 Å². The van der Waals surface area contributed by atoms with Crippen molar-refractivity contribution in [1.82, 2.24) is 9.97 Å². The zero-order valence-corrected chi connectivity index (χ0v) is 14.7. The van der Waals surface area contributed by atoms with E-state index in [0.29, 0.717) is 23.9 Å². The van der Waals surface area contributed by atoms with Crippen LogP contribution in [0, 0.1) is 23.0 Å². The third-order valence-corrected chi connectivity index (χ3v) is 5.31. The summed E-state index contributed by atoms with van der Waals surface area (Å²) in [5.41, 5.74) is 1.70. The second kappa shape index (κ2) is 6.99. The maximum Gasteiger partial charge on any atom is 0.269 e. The fraction of sp³-hybridized carbons (Fsp3) is 0.474. The average Bonchev–Trinajstić information content (AvgIpc) is 3.11. The van der Waals surface area contributed by atoms with Gasteiger partial charge in [0.2, 0.25) is 0 Å².